The number of amides is 1. The van der Waals surface area contributed by atoms with E-state index in [-0.39, 0.29) is 17.8 Å². The molecule has 7 heteroatoms. The maximum Gasteiger partial charge on any atom is 0.408 e. The highest BCUT2D eigenvalue weighted by Gasteiger charge is 2.29. The zero-order valence-electron chi connectivity index (χ0n) is 23.1. The summed E-state index contributed by atoms with van der Waals surface area (Å²) in [5.74, 6) is 0.240. The molecule has 1 aliphatic rings. The van der Waals surface area contributed by atoms with E-state index in [0.717, 1.165) is 25.7 Å². The number of methoxy groups -OCH3 is 1. The molecule has 1 rings (SSSR count). The maximum atomic E-state index is 12.2. The van der Waals surface area contributed by atoms with E-state index in [0.29, 0.717) is 18.9 Å². The normalized spacial score (nSPS) is 20.4. The highest BCUT2D eigenvalue weighted by Crippen LogP contribution is 2.23. The Labute approximate surface area is 208 Å². The molecule has 0 spiro atoms. The third kappa shape index (κ3) is 21.6. The van der Waals surface area contributed by atoms with Crippen LogP contribution in [0.25, 0.3) is 0 Å². The second-order valence-electron chi connectivity index (χ2n) is 8.29. The van der Waals surface area contributed by atoms with Crippen molar-refractivity contribution in [2.24, 2.45) is 5.92 Å². The van der Waals surface area contributed by atoms with E-state index in [1.54, 1.807) is 27.9 Å². The average Bonchev–Trinajstić information content (AvgIpc) is 2.84. The quantitative estimate of drug-likeness (QED) is 0.242. The lowest BCUT2D eigenvalue weighted by molar-refractivity contribution is -0.151. The van der Waals surface area contributed by atoms with Crippen molar-refractivity contribution in [1.29, 1.82) is 0 Å². The largest absolute Gasteiger partial charge is 0.508 e. The SMILES string of the molecule is C=C/C=C(/O)C=C.CC.CC.COCCC1CCC[C@H](NC(=O)OC(C)(C)C)C(=O)OC(C)C1. The minimum atomic E-state index is -0.645. The third-order valence-corrected chi connectivity index (χ3v) is 4.29. The second kappa shape index (κ2) is 22.5. The molecule has 2 N–H and O–H groups in total. The summed E-state index contributed by atoms with van der Waals surface area (Å²) in [5.41, 5.74) is -0.592. The standard InChI is InChI=1S/C17H31NO5.C6H8O.2C2H6/c1-12-11-13(9-10-21-5)7-6-8-14(15(19)22-12)18-16(20)23-17(2,3)4;1-3-5-6(7)4-2;2*1-2/h12-14H,6-11H2,1-5H3,(H,18,20);3-5,7H,1-2H2;2*1-2H3/b;6-5+;;/t12?,13?,14-;;;/m0.../s1. The van der Waals surface area contributed by atoms with Gasteiger partial charge in [0.1, 0.15) is 17.4 Å². The molecule has 0 radical (unpaired) electrons. The summed E-state index contributed by atoms with van der Waals surface area (Å²) in [6.45, 7) is 22.7. The Kier molecular flexibility index (Phi) is 24.0. The van der Waals surface area contributed by atoms with Crippen molar-refractivity contribution in [3.63, 3.8) is 0 Å². The van der Waals surface area contributed by atoms with Crippen LogP contribution in [0.2, 0.25) is 0 Å². The Morgan fingerprint density at radius 3 is 2.24 bits per heavy atom. The summed E-state index contributed by atoms with van der Waals surface area (Å²) in [6, 6.07) is -0.645. The van der Waals surface area contributed by atoms with Crippen molar-refractivity contribution < 1.29 is 28.9 Å². The summed E-state index contributed by atoms with van der Waals surface area (Å²) in [6.07, 6.45) is 7.78. The lowest BCUT2D eigenvalue weighted by atomic mass is 9.93. The van der Waals surface area contributed by atoms with Crippen molar-refractivity contribution in [2.45, 2.75) is 105 Å². The van der Waals surface area contributed by atoms with Crippen LogP contribution in [-0.4, -0.2) is 48.6 Å². The Hall–Kier alpha value is -2.28. The summed E-state index contributed by atoms with van der Waals surface area (Å²) >= 11 is 0. The van der Waals surface area contributed by atoms with E-state index in [1.807, 2.05) is 34.6 Å². The van der Waals surface area contributed by atoms with Crippen molar-refractivity contribution in [1.82, 2.24) is 5.32 Å². The van der Waals surface area contributed by atoms with Crippen LogP contribution in [0.1, 0.15) is 87.5 Å². The number of cyclic esters (lactones) is 1. The second-order valence-corrected chi connectivity index (χ2v) is 8.29. The molecule has 1 saturated heterocycles. The number of nitrogens with one attached hydrogen (secondary N) is 1. The number of alkyl carbamates (subject to hydrolysis) is 1. The third-order valence-electron chi connectivity index (χ3n) is 4.29. The van der Waals surface area contributed by atoms with Crippen LogP contribution < -0.4 is 5.32 Å². The van der Waals surface area contributed by atoms with Crippen molar-refractivity contribution in [2.75, 3.05) is 13.7 Å². The van der Waals surface area contributed by atoms with Crippen molar-refractivity contribution in [3.8, 4) is 0 Å². The molecule has 0 aliphatic carbocycles. The molecule has 1 amide bonds. The lowest BCUT2D eigenvalue weighted by Crippen LogP contribution is -2.44. The van der Waals surface area contributed by atoms with Crippen molar-refractivity contribution >= 4 is 12.1 Å². The molecule has 3 atom stereocenters. The molecular formula is C27H51NO6. The van der Waals surface area contributed by atoms with Crippen LogP contribution >= 0.6 is 0 Å². The smallest absolute Gasteiger partial charge is 0.408 e. The van der Waals surface area contributed by atoms with Gasteiger partial charge < -0.3 is 24.6 Å². The van der Waals surface area contributed by atoms with E-state index in [1.165, 1.54) is 18.2 Å². The van der Waals surface area contributed by atoms with Crippen LogP contribution in [0.15, 0.2) is 37.1 Å². The van der Waals surface area contributed by atoms with E-state index >= 15 is 0 Å². The minimum Gasteiger partial charge on any atom is -0.508 e. The highest BCUT2D eigenvalue weighted by molar-refractivity contribution is 5.81. The first-order valence-electron chi connectivity index (χ1n) is 12.3. The van der Waals surface area contributed by atoms with Crippen LogP contribution in [0, 0.1) is 5.92 Å². The predicted molar refractivity (Wildman–Crippen MR) is 141 cm³/mol. The molecule has 0 aromatic carbocycles. The van der Waals surface area contributed by atoms with Gasteiger partial charge in [0.15, 0.2) is 0 Å². The fraction of sp³-hybridized carbons (Fsp3) is 0.704. The van der Waals surface area contributed by atoms with Gasteiger partial charge in [0.25, 0.3) is 0 Å². The average molecular weight is 486 g/mol. The molecule has 200 valence electrons. The predicted octanol–water partition coefficient (Wildman–Crippen LogP) is 6.89. The number of hydrogen-bond acceptors (Lipinski definition) is 6. The molecule has 1 heterocycles. The number of ether oxygens (including phenoxy) is 3. The highest BCUT2D eigenvalue weighted by atomic mass is 16.6. The first-order chi connectivity index (χ1) is 16.0. The zero-order valence-corrected chi connectivity index (χ0v) is 23.1. The molecule has 1 fully saturated rings. The van der Waals surface area contributed by atoms with Crippen LogP contribution in [0.5, 0.6) is 0 Å². The van der Waals surface area contributed by atoms with Gasteiger partial charge in [-0.15, -0.1) is 0 Å². The van der Waals surface area contributed by atoms with E-state index < -0.39 is 17.7 Å². The number of carbonyl (C=O) groups is 2. The Morgan fingerprint density at radius 1 is 1.21 bits per heavy atom. The Balaban J connectivity index is -0.000000736. The van der Waals surface area contributed by atoms with Crippen LogP contribution in [0.4, 0.5) is 4.79 Å². The van der Waals surface area contributed by atoms with Gasteiger partial charge in [0.05, 0.1) is 6.10 Å². The fourth-order valence-electron chi connectivity index (χ4n) is 2.96. The van der Waals surface area contributed by atoms with Gasteiger partial charge in [0, 0.05) is 13.7 Å². The topological polar surface area (TPSA) is 94.1 Å². The van der Waals surface area contributed by atoms with Gasteiger partial charge in [0.2, 0.25) is 0 Å². The number of aliphatic hydroxyl groups excluding tert-OH is 1. The summed E-state index contributed by atoms with van der Waals surface area (Å²) in [4.78, 5) is 24.1. The summed E-state index contributed by atoms with van der Waals surface area (Å²) < 4.78 is 15.8. The van der Waals surface area contributed by atoms with E-state index in [2.05, 4.69) is 18.5 Å². The Bertz CT molecular complexity index is 580. The number of hydrogen-bond donors (Lipinski definition) is 2. The molecule has 0 aromatic rings. The van der Waals surface area contributed by atoms with Crippen LogP contribution in [-0.2, 0) is 19.0 Å². The molecule has 1 aliphatic heterocycles. The first-order valence-corrected chi connectivity index (χ1v) is 12.3. The van der Waals surface area contributed by atoms with Crippen LogP contribution in [0.3, 0.4) is 0 Å². The summed E-state index contributed by atoms with van der Waals surface area (Å²) in [5, 5.41) is 11.2. The fourth-order valence-corrected chi connectivity index (χ4v) is 2.96. The minimum absolute atomic E-state index is 0.148. The summed E-state index contributed by atoms with van der Waals surface area (Å²) in [7, 11) is 1.69. The molecule has 0 bridgehead atoms. The molecule has 2 unspecified atom stereocenters. The van der Waals surface area contributed by atoms with Gasteiger partial charge in [-0.3, -0.25) is 0 Å². The van der Waals surface area contributed by atoms with Gasteiger partial charge >= 0.3 is 12.1 Å². The Morgan fingerprint density at radius 2 is 1.79 bits per heavy atom. The number of allylic oxidation sites excluding steroid dienone is 3. The monoisotopic (exact) mass is 485 g/mol. The first kappa shape index (κ1) is 36.3. The van der Waals surface area contributed by atoms with E-state index in [9.17, 15) is 9.59 Å². The molecular weight excluding hydrogens is 434 g/mol. The molecule has 0 aromatic heterocycles. The number of aliphatic hydroxyl groups is 1. The number of carbonyl (C=O) groups excluding carboxylic acids is 2. The molecule has 0 saturated carbocycles. The van der Waals surface area contributed by atoms with E-state index in [4.69, 9.17) is 19.3 Å². The lowest BCUT2D eigenvalue weighted by Gasteiger charge is -2.23. The van der Waals surface area contributed by atoms with Gasteiger partial charge in [-0.2, -0.15) is 0 Å². The number of esters is 1. The molecule has 34 heavy (non-hydrogen) atoms. The van der Waals surface area contributed by atoms with Gasteiger partial charge in [-0.1, -0.05) is 59.8 Å². The van der Waals surface area contributed by atoms with Gasteiger partial charge in [-0.05, 0) is 65.0 Å². The maximum absolute atomic E-state index is 12.2. The van der Waals surface area contributed by atoms with Gasteiger partial charge in [-0.25, -0.2) is 9.59 Å². The number of rotatable bonds is 6. The zero-order chi connectivity index (χ0) is 27.2. The molecule has 7 nitrogen and oxygen atoms in total. The van der Waals surface area contributed by atoms with Crippen molar-refractivity contribution in [3.05, 3.63) is 37.1 Å².